The molecule has 0 spiro atoms. The highest BCUT2D eigenvalue weighted by Gasteiger charge is 2.17. The first-order valence-corrected chi connectivity index (χ1v) is 6.95. The van der Waals surface area contributed by atoms with Crippen molar-refractivity contribution in [3.63, 3.8) is 0 Å². The molecule has 0 bridgehead atoms. The molecule has 3 aromatic rings. The monoisotopic (exact) mass is 293 g/mol. The van der Waals surface area contributed by atoms with E-state index < -0.39 is 5.97 Å². The number of pyridine rings is 1. The molecule has 0 aliphatic heterocycles. The molecule has 1 N–H and O–H groups in total. The van der Waals surface area contributed by atoms with E-state index in [4.69, 9.17) is 0 Å². The number of aromatic carboxylic acids is 1. The number of carboxylic acids is 1. The molecule has 0 aliphatic carbocycles. The fourth-order valence-corrected chi connectivity index (χ4v) is 2.91. The van der Waals surface area contributed by atoms with E-state index in [1.165, 1.54) is 10.6 Å². The zero-order valence-electron chi connectivity index (χ0n) is 12.3. The van der Waals surface area contributed by atoms with E-state index in [-0.39, 0.29) is 11.1 Å². The summed E-state index contributed by atoms with van der Waals surface area (Å²) in [5.41, 5.74) is 1.56. The van der Waals surface area contributed by atoms with Crippen molar-refractivity contribution in [3.05, 3.63) is 75.7 Å². The van der Waals surface area contributed by atoms with Gasteiger partial charge in [0.25, 0.3) is 5.56 Å². The Balaban J connectivity index is 2.44. The molecule has 2 aromatic carbocycles. The summed E-state index contributed by atoms with van der Waals surface area (Å²) in [5, 5.41) is 11.3. The van der Waals surface area contributed by atoms with Crippen LogP contribution in [-0.4, -0.2) is 15.6 Å². The Bertz CT molecular complexity index is 949. The van der Waals surface area contributed by atoms with Gasteiger partial charge in [0.15, 0.2) is 0 Å². The van der Waals surface area contributed by atoms with Crippen molar-refractivity contribution in [2.75, 3.05) is 0 Å². The number of fused-ring (bicyclic) bond motifs is 1. The average molecular weight is 293 g/mol. The van der Waals surface area contributed by atoms with E-state index in [0.29, 0.717) is 16.9 Å². The predicted octanol–water partition coefficient (Wildman–Crippen LogP) is 3.31. The lowest BCUT2D eigenvalue weighted by molar-refractivity contribution is 0.0694. The van der Waals surface area contributed by atoms with Crippen LogP contribution in [0.25, 0.3) is 16.5 Å². The zero-order chi connectivity index (χ0) is 15.9. The van der Waals surface area contributed by atoms with Crippen LogP contribution in [0.1, 0.15) is 21.6 Å². The van der Waals surface area contributed by atoms with Crippen molar-refractivity contribution in [1.82, 2.24) is 4.57 Å². The summed E-state index contributed by atoms with van der Waals surface area (Å²) in [6.45, 7) is 3.31. The molecular formula is C18H15NO3. The number of aryl methyl sites for hydroxylation is 1. The van der Waals surface area contributed by atoms with Gasteiger partial charge in [-0.1, -0.05) is 36.4 Å². The van der Waals surface area contributed by atoms with Crippen molar-refractivity contribution < 1.29 is 9.90 Å². The van der Waals surface area contributed by atoms with Gasteiger partial charge in [-0.05, 0) is 30.9 Å². The first-order valence-electron chi connectivity index (χ1n) is 6.95. The van der Waals surface area contributed by atoms with Crippen LogP contribution in [0.5, 0.6) is 0 Å². The molecule has 0 saturated carbocycles. The normalized spacial score (nSPS) is 10.8. The van der Waals surface area contributed by atoms with Crippen LogP contribution >= 0.6 is 0 Å². The van der Waals surface area contributed by atoms with Crippen LogP contribution in [-0.2, 0) is 0 Å². The number of rotatable bonds is 2. The van der Waals surface area contributed by atoms with E-state index in [1.54, 1.807) is 13.8 Å². The van der Waals surface area contributed by atoms with Gasteiger partial charge in [0.1, 0.15) is 0 Å². The van der Waals surface area contributed by atoms with Crippen molar-refractivity contribution in [3.8, 4) is 5.69 Å². The third-order valence-electron chi connectivity index (χ3n) is 3.87. The number of hydrogen-bond donors (Lipinski definition) is 1. The molecule has 3 rings (SSSR count). The minimum absolute atomic E-state index is 0.174. The maximum absolute atomic E-state index is 12.4. The van der Waals surface area contributed by atoms with Crippen molar-refractivity contribution in [1.29, 1.82) is 0 Å². The van der Waals surface area contributed by atoms with Gasteiger partial charge in [-0.25, -0.2) is 4.79 Å². The summed E-state index contributed by atoms with van der Waals surface area (Å²) in [6.07, 6.45) is 0. The maximum atomic E-state index is 12.4. The Morgan fingerprint density at radius 2 is 1.73 bits per heavy atom. The first-order chi connectivity index (χ1) is 10.5. The van der Waals surface area contributed by atoms with Gasteiger partial charge in [-0.3, -0.25) is 9.36 Å². The quantitative estimate of drug-likeness (QED) is 0.788. The molecule has 110 valence electrons. The molecule has 22 heavy (non-hydrogen) atoms. The van der Waals surface area contributed by atoms with Gasteiger partial charge in [0.05, 0.1) is 11.3 Å². The lowest BCUT2D eigenvalue weighted by atomic mass is 10.1. The van der Waals surface area contributed by atoms with Gasteiger partial charge in [-0.15, -0.1) is 0 Å². The highest BCUT2D eigenvalue weighted by molar-refractivity contribution is 5.92. The summed E-state index contributed by atoms with van der Waals surface area (Å²) in [5.74, 6) is -1.02. The van der Waals surface area contributed by atoms with Gasteiger partial charge in [0.2, 0.25) is 0 Å². The van der Waals surface area contributed by atoms with E-state index >= 15 is 0 Å². The standard InChI is InChI=1S/C18H15NO3/c1-11-10-16(20)19(12(2)17(11)18(21)22)15-9-5-7-13-6-3-4-8-14(13)15/h3-10H,1-2H3,(H,21,22). The summed E-state index contributed by atoms with van der Waals surface area (Å²) in [7, 11) is 0. The van der Waals surface area contributed by atoms with Crippen LogP contribution in [0.3, 0.4) is 0 Å². The number of carbonyl (C=O) groups is 1. The molecule has 0 radical (unpaired) electrons. The first kappa shape index (κ1) is 14.1. The molecule has 1 aromatic heterocycles. The number of aromatic nitrogens is 1. The van der Waals surface area contributed by atoms with Crippen molar-refractivity contribution in [2.24, 2.45) is 0 Å². The lowest BCUT2D eigenvalue weighted by Gasteiger charge is -2.16. The van der Waals surface area contributed by atoms with Crippen LogP contribution in [0.15, 0.2) is 53.3 Å². The Hall–Kier alpha value is -2.88. The van der Waals surface area contributed by atoms with Gasteiger partial charge >= 0.3 is 5.97 Å². The highest BCUT2D eigenvalue weighted by atomic mass is 16.4. The Morgan fingerprint density at radius 3 is 2.45 bits per heavy atom. The maximum Gasteiger partial charge on any atom is 0.337 e. The van der Waals surface area contributed by atoms with Crippen molar-refractivity contribution >= 4 is 16.7 Å². The Morgan fingerprint density at radius 1 is 1.05 bits per heavy atom. The molecule has 0 unspecified atom stereocenters. The predicted molar refractivity (Wildman–Crippen MR) is 86.0 cm³/mol. The number of hydrogen-bond acceptors (Lipinski definition) is 2. The average Bonchev–Trinajstić information content (AvgIpc) is 2.46. The van der Waals surface area contributed by atoms with Crippen LogP contribution in [0, 0.1) is 13.8 Å². The van der Waals surface area contributed by atoms with Crippen LogP contribution in [0.4, 0.5) is 0 Å². The topological polar surface area (TPSA) is 59.3 Å². The van der Waals surface area contributed by atoms with Crippen LogP contribution in [0.2, 0.25) is 0 Å². The van der Waals surface area contributed by atoms with Gasteiger partial charge in [-0.2, -0.15) is 0 Å². The highest BCUT2D eigenvalue weighted by Crippen LogP contribution is 2.23. The Kier molecular flexibility index (Phi) is 3.29. The van der Waals surface area contributed by atoms with E-state index in [9.17, 15) is 14.7 Å². The summed E-state index contributed by atoms with van der Waals surface area (Å²) in [6, 6.07) is 14.8. The fraction of sp³-hybridized carbons (Fsp3) is 0.111. The largest absolute Gasteiger partial charge is 0.478 e. The summed E-state index contributed by atoms with van der Waals surface area (Å²) < 4.78 is 1.47. The number of benzene rings is 2. The molecule has 1 heterocycles. The van der Waals surface area contributed by atoms with E-state index in [1.807, 2.05) is 42.5 Å². The van der Waals surface area contributed by atoms with Gasteiger partial charge in [0, 0.05) is 17.1 Å². The molecule has 0 fully saturated rings. The second-order valence-electron chi connectivity index (χ2n) is 5.26. The molecule has 0 aliphatic rings. The smallest absolute Gasteiger partial charge is 0.337 e. The van der Waals surface area contributed by atoms with E-state index in [0.717, 1.165) is 10.8 Å². The second kappa shape index (κ2) is 5.15. The number of nitrogens with zero attached hydrogens (tertiary/aromatic N) is 1. The minimum Gasteiger partial charge on any atom is -0.478 e. The number of carboxylic acid groups (broad SMARTS) is 1. The summed E-state index contributed by atoms with van der Waals surface area (Å²) >= 11 is 0. The van der Waals surface area contributed by atoms with Crippen molar-refractivity contribution in [2.45, 2.75) is 13.8 Å². The fourth-order valence-electron chi connectivity index (χ4n) is 2.91. The molecule has 0 saturated heterocycles. The Labute approximate surface area is 127 Å². The molecule has 4 heteroatoms. The zero-order valence-corrected chi connectivity index (χ0v) is 12.3. The van der Waals surface area contributed by atoms with E-state index in [2.05, 4.69) is 0 Å². The molecule has 0 amide bonds. The molecule has 0 atom stereocenters. The third kappa shape index (κ3) is 2.09. The summed E-state index contributed by atoms with van der Waals surface area (Å²) in [4.78, 5) is 23.9. The third-order valence-corrected chi connectivity index (χ3v) is 3.87. The van der Waals surface area contributed by atoms with Gasteiger partial charge < -0.3 is 5.11 Å². The minimum atomic E-state index is -1.02. The second-order valence-corrected chi connectivity index (χ2v) is 5.26. The van der Waals surface area contributed by atoms with Crippen LogP contribution < -0.4 is 5.56 Å². The SMILES string of the molecule is Cc1cc(=O)n(-c2cccc3ccccc23)c(C)c1C(=O)O. The molecule has 4 nitrogen and oxygen atoms in total. The lowest BCUT2D eigenvalue weighted by Crippen LogP contribution is -2.24. The molecular weight excluding hydrogens is 278 g/mol.